The molecule has 60 valence electrons. The van der Waals surface area contributed by atoms with Crippen LogP contribution in [0.2, 0.25) is 0 Å². The summed E-state index contributed by atoms with van der Waals surface area (Å²) in [5, 5.41) is 0. The Labute approximate surface area is 70.6 Å². The number of rotatable bonds is 1. The van der Waals surface area contributed by atoms with Crippen molar-refractivity contribution in [2.45, 2.75) is 11.8 Å². The smallest absolute Gasteiger partial charge is 0.132 e. The Balaban J connectivity index is 3.21. The molecule has 0 bridgehead atoms. The first-order chi connectivity index (χ1) is 5.15. The molecule has 0 aliphatic rings. The highest BCUT2D eigenvalue weighted by Crippen LogP contribution is 2.25. The largest absolute Gasteiger partial charge is 0.496 e. The van der Waals surface area contributed by atoms with Crippen LogP contribution in [0.25, 0.3) is 0 Å². The molecule has 0 saturated heterocycles. The number of benzene rings is 1. The maximum Gasteiger partial charge on any atom is 0.132 e. The Bertz CT molecular complexity index is 273. The van der Waals surface area contributed by atoms with Crippen molar-refractivity contribution in [2.75, 3.05) is 7.11 Å². The summed E-state index contributed by atoms with van der Waals surface area (Å²) in [5.41, 5.74) is 0.569. The van der Waals surface area contributed by atoms with Gasteiger partial charge in [-0.2, -0.15) is 0 Å². The zero-order valence-corrected chi connectivity index (χ0v) is 7.28. The average Bonchev–Trinajstić information content (AvgIpc) is 1.97. The van der Waals surface area contributed by atoms with Crippen LogP contribution in [-0.4, -0.2) is 7.11 Å². The van der Waals surface area contributed by atoms with Crippen LogP contribution in [0.4, 0.5) is 4.39 Å². The van der Waals surface area contributed by atoms with Gasteiger partial charge in [-0.1, -0.05) is 0 Å². The molecule has 1 aromatic carbocycles. The summed E-state index contributed by atoms with van der Waals surface area (Å²) in [6.07, 6.45) is 0. The highest BCUT2D eigenvalue weighted by molar-refractivity contribution is 7.80. The Morgan fingerprint density at radius 1 is 1.45 bits per heavy atom. The first-order valence-electron chi connectivity index (χ1n) is 3.18. The van der Waals surface area contributed by atoms with E-state index in [1.54, 1.807) is 13.0 Å². The lowest BCUT2D eigenvalue weighted by Crippen LogP contribution is -1.88. The molecule has 0 amide bonds. The van der Waals surface area contributed by atoms with Gasteiger partial charge in [0.1, 0.15) is 11.6 Å². The number of hydrogen-bond donors (Lipinski definition) is 1. The van der Waals surface area contributed by atoms with E-state index >= 15 is 0 Å². The monoisotopic (exact) mass is 172 g/mol. The molecule has 0 spiro atoms. The number of aryl methyl sites for hydroxylation is 1. The average molecular weight is 172 g/mol. The molecule has 0 atom stereocenters. The second kappa shape index (κ2) is 3.13. The second-order valence-corrected chi connectivity index (χ2v) is 2.76. The van der Waals surface area contributed by atoms with Gasteiger partial charge in [-0.3, -0.25) is 0 Å². The number of halogens is 1. The Morgan fingerprint density at radius 2 is 2.09 bits per heavy atom. The summed E-state index contributed by atoms with van der Waals surface area (Å²) in [7, 11) is 1.53. The van der Waals surface area contributed by atoms with Gasteiger partial charge in [0.05, 0.1) is 7.11 Å². The molecule has 0 aliphatic carbocycles. The summed E-state index contributed by atoms with van der Waals surface area (Å²) in [6.45, 7) is 1.69. The van der Waals surface area contributed by atoms with Gasteiger partial charge < -0.3 is 4.74 Å². The van der Waals surface area contributed by atoms with Crippen LogP contribution in [-0.2, 0) is 0 Å². The van der Waals surface area contributed by atoms with Gasteiger partial charge in [-0.15, -0.1) is 12.6 Å². The summed E-state index contributed by atoms with van der Waals surface area (Å²) in [5.74, 6) is 0.350. The predicted molar refractivity (Wildman–Crippen MR) is 44.9 cm³/mol. The lowest BCUT2D eigenvalue weighted by Gasteiger charge is -2.04. The molecular formula is C8H9FOS. The van der Waals surface area contributed by atoms with Crippen molar-refractivity contribution in [1.29, 1.82) is 0 Å². The maximum atomic E-state index is 12.8. The summed E-state index contributed by atoms with van der Waals surface area (Å²) in [6, 6.07) is 2.97. The molecule has 0 unspecified atom stereocenters. The first kappa shape index (κ1) is 8.40. The third kappa shape index (κ3) is 1.66. The maximum absolute atomic E-state index is 12.8. The summed E-state index contributed by atoms with van der Waals surface area (Å²) >= 11 is 4.03. The highest BCUT2D eigenvalue weighted by atomic mass is 32.1. The predicted octanol–water partition coefficient (Wildman–Crippen LogP) is 2.43. The number of methoxy groups -OCH3 is 1. The van der Waals surface area contributed by atoms with Gasteiger partial charge >= 0.3 is 0 Å². The van der Waals surface area contributed by atoms with Crippen LogP contribution >= 0.6 is 12.6 Å². The van der Waals surface area contributed by atoms with Gasteiger partial charge in [-0.25, -0.2) is 4.39 Å². The van der Waals surface area contributed by atoms with Gasteiger partial charge in [0, 0.05) is 4.90 Å². The number of thiol groups is 1. The quantitative estimate of drug-likeness (QED) is 0.640. The van der Waals surface area contributed by atoms with Crippen LogP contribution in [0, 0.1) is 12.7 Å². The number of ether oxygens (including phenoxy) is 1. The zero-order chi connectivity index (χ0) is 8.43. The van der Waals surface area contributed by atoms with Gasteiger partial charge in [0.2, 0.25) is 0 Å². The third-order valence-electron chi connectivity index (χ3n) is 1.46. The minimum Gasteiger partial charge on any atom is -0.496 e. The van der Waals surface area contributed by atoms with E-state index in [9.17, 15) is 4.39 Å². The molecule has 0 N–H and O–H groups in total. The van der Waals surface area contributed by atoms with E-state index in [0.717, 1.165) is 0 Å². The van der Waals surface area contributed by atoms with Gasteiger partial charge in [0.25, 0.3) is 0 Å². The minimum atomic E-state index is -0.254. The van der Waals surface area contributed by atoms with E-state index in [1.807, 2.05) is 0 Å². The molecule has 0 fully saturated rings. The van der Waals surface area contributed by atoms with Gasteiger partial charge in [-0.05, 0) is 24.6 Å². The van der Waals surface area contributed by atoms with Gasteiger partial charge in [0.15, 0.2) is 0 Å². The molecule has 0 aromatic heterocycles. The lowest BCUT2D eigenvalue weighted by atomic mass is 10.2. The Kier molecular flexibility index (Phi) is 2.39. The molecule has 0 saturated carbocycles. The normalized spacial score (nSPS) is 9.82. The van der Waals surface area contributed by atoms with Crippen molar-refractivity contribution in [3.8, 4) is 5.75 Å². The standard InChI is InChI=1S/C8H9FOS/c1-5-3-7(10-2)8(11)4-6(5)9/h3-4,11H,1-2H3. The molecule has 3 heteroatoms. The molecule has 0 radical (unpaired) electrons. The molecule has 0 heterocycles. The SMILES string of the molecule is COc1cc(C)c(F)cc1S. The van der Waals surface area contributed by atoms with E-state index in [-0.39, 0.29) is 5.82 Å². The molecular weight excluding hydrogens is 163 g/mol. The highest BCUT2D eigenvalue weighted by Gasteiger charge is 2.03. The van der Waals surface area contributed by atoms with E-state index in [1.165, 1.54) is 13.2 Å². The number of hydrogen-bond acceptors (Lipinski definition) is 2. The van der Waals surface area contributed by atoms with Crippen molar-refractivity contribution in [1.82, 2.24) is 0 Å². The molecule has 1 nitrogen and oxygen atoms in total. The Morgan fingerprint density at radius 3 is 2.64 bits per heavy atom. The zero-order valence-electron chi connectivity index (χ0n) is 6.39. The molecule has 0 aliphatic heterocycles. The lowest BCUT2D eigenvalue weighted by molar-refractivity contribution is 0.402. The fourth-order valence-electron chi connectivity index (χ4n) is 0.808. The Hall–Kier alpha value is -0.700. The van der Waals surface area contributed by atoms with Crippen molar-refractivity contribution < 1.29 is 9.13 Å². The second-order valence-electron chi connectivity index (χ2n) is 2.27. The minimum absolute atomic E-state index is 0.254. The van der Waals surface area contributed by atoms with Crippen LogP contribution in [0.5, 0.6) is 5.75 Å². The first-order valence-corrected chi connectivity index (χ1v) is 3.63. The third-order valence-corrected chi connectivity index (χ3v) is 1.81. The summed E-state index contributed by atoms with van der Waals surface area (Å²) in [4.78, 5) is 0.524. The van der Waals surface area contributed by atoms with Crippen LogP contribution < -0.4 is 4.74 Å². The fourth-order valence-corrected chi connectivity index (χ4v) is 1.08. The molecule has 1 aromatic rings. The van der Waals surface area contributed by atoms with Crippen molar-refractivity contribution in [3.63, 3.8) is 0 Å². The van der Waals surface area contributed by atoms with E-state index in [4.69, 9.17) is 4.74 Å². The van der Waals surface area contributed by atoms with Crippen molar-refractivity contribution in [2.24, 2.45) is 0 Å². The molecule has 1 rings (SSSR count). The van der Waals surface area contributed by atoms with Crippen molar-refractivity contribution >= 4 is 12.6 Å². The van der Waals surface area contributed by atoms with Crippen LogP contribution in [0.15, 0.2) is 17.0 Å². The topological polar surface area (TPSA) is 9.23 Å². The fraction of sp³-hybridized carbons (Fsp3) is 0.250. The van der Waals surface area contributed by atoms with Crippen molar-refractivity contribution in [3.05, 3.63) is 23.5 Å². The van der Waals surface area contributed by atoms with E-state index < -0.39 is 0 Å². The van der Waals surface area contributed by atoms with E-state index in [0.29, 0.717) is 16.2 Å². The van der Waals surface area contributed by atoms with E-state index in [2.05, 4.69) is 12.6 Å². The molecule has 11 heavy (non-hydrogen) atoms. The van der Waals surface area contributed by atoms with Crippen LogP contribution in [0.3, 0.4) is 0 Å². The van der Waals surface area contributed by atoms with Crippen LogP contribution in [0.1, 0.15) is 5.56 Å². The summed E-state index contributed by atoms with van der Waals surface area (Å²) < 4.78 is 17.7.